The van der Waals surface area contributed by atoms with Crippen LogP contribution in [0.3, 0.4) is 0 Å². The van der Waals surface area contributed by atoms with Crippen molar-refractivity contribution in [1.29, 1.82) is 0 Å². The summed E-state index contributed by atoms with van der Waals surface area (Å²) in [6.45, 7) is 16.7. The average Bonchev–Trinajstić information content (AvgIpc) is 2.64. The van der Waals surface area contributed by atoms with Gasteiger partial charge in [-0.25, -0.2) is 0 Å². The van der Waals surface area contributed by atoms with E-state index in [1.807, 2.05) is 6.92 Å². The van der Waals surface area contributed by atoms with Crippen LogP contribution >= 0.6 is 11.8 Å². The molecule has 0 radical (unpaired) electrons. The topological polar surface area (TPSA) is 0 Å². The number of alkyl halides is 2. The molecular formula is C18H16F2S. The first-order valence-corrected chi connectivity index (χ1v) is 7.19. The van der Waals surface area contributed by atoms with Crippen LogP contribution in [0.2, 0.25) is 0 Å². The van der Waals surface area contributed by atoms with Crippen molar-refractivity contribution in [3.8, 4) is 0 Å². The van der Waals surface area contributed by atoms with Gasteiger partial charge in [-0.15, -0.1) is 0 Å². The molecule has 2 rings (SSSR count). The van der Waals surface area contributed by atoms with E-state index in [0.717, 1.165) is 4.91 Å². The van der Waals surface area contributed by atoms with E-state index in [1.165, 1.54) is 30.0 Å². The van der Waals surface area contributed by atoms with E-state index in [1.54, 1.807) is 12.1 Å². The Hall–Kier alpha value is -1.87. The highest BCUT2D eigenvalue weighted by Gasteiger charge is 2.44. The van der Waals surface area contributed by atoms with Crippen molar-refractivity contribution in [2.45, 2.75) is 12.8 Å². The summed E-state index contributed by atoms with van der Waals surface area (Å²) in [6, 6.07) is 4.98. The molecule has 108 valence electrons. The third-order valence-electron chi connectivity index (χ3n) is 3.30. The maximum atomic E-state index is 14.5. The number of hydrogen-bond acceptors (Lipinski definition) is 1. The molecule has 1 aliphatic rings. The van der Waals surface area contributed by atoms with Crippen LogP contribution in [-0.2, 0) is 5.92 Å². The van der Waals surface area contributed by atoms with E-state index >= 15 is 0 Å². The predicted octanol–water partition coefficient (Wildman–Crippen LogP) is 6.16. The van der Waals surface area contributed by atoms with E-state index in [0.29, 0.717) is 21.6 Å². The molecule has 1 aromatic rings. The van der Waals surface area contributed by atoms with Crippen molar-refractivity contribution < 1.29 is 8.78 Å². The largest absolute Gasteiger partial charge is 0.299 e. The van der Waals surface area contributed by atoms with Crippen LogP contribution in [0.15, 0.2) is 67.1 Å². The first kappa shape index (κ1) is 15.5. The van der Waals surface area contributed by atoms with Gasteiger partial charge >= 0.3 is 0 Å². The van der Waals surface area contributed by atoms with Gasteiger partial charge in [-0.1, -0.05) is 62.4 Å². The minimum absolute atomic E-state index is 0.0201. The smallest absolute Gasteiger partial charge is 0.196 e. The van der Waals surface area contributed by atoms with E-state index in [2.05, 4.69) is 26.3 Å². The fourth-order valence-electron chi connectivity index (χ4n) is 2.40. The minimum atomic E-state index is -3.05. The zero-order chi connectivity index (χ0) is 15.8. The summed E-state index contributed by atoms with van der Waals surface area (Å²) in [5, 5.41) is 0. The normalized spacial score (nSPS) is 15.6. The Morgan fingerprint density at radius 2 is 1.86 bits per heavy atom. The number of rotatable bonds is 5. The molecule has 1 aromatic carbocycles. The second kappa shape index (κ2) is 5.49. The van der Waals surface area contributed by atoms with Crippen LogP contribution in [0, 0.1) is 0 Å². The molecule has 0 unspecified atom stereocenters. The highest BCUT2D eigenvalue weighted by atomic mass is 32.2. The van der Waals surface area contributed by atoms with E-state index in [9.17, 15) is 8.78 Å². The van der Waals surface area contributed by atoms with Gasteiger partial charge in [-0.2, -0.15) is 8.78 Å². The molecule has 0 saturated heterocycles. The number of benzene rings is 1. The van der Waals surface area contributed by atoms with Crippen molar-refractivity contribution in [3.05, 3.63) is 83.8 Å². The SMILES string of the molecule is C=CC1=C(C=C)C(F)(F)c2cc(C(=C)SC(=C)C)ccc21. The zero-order valence-corrected chi connectivity index (χ0v) is 12.7. The molecule has 3 heteroatoms. The Morgan fingerprint density at radius 3 is 2.38 bits per heavy atom. The van der Waals surface area contributed by atoms with Gasteiger partial charge in [0.15, 0.2) is 0 Å². The van der Waals surface area contributed by atoms with E-state index in [4.69, 9.17) is 0 Å². The van der Waals surface area contributed by atoms with Crippen LogP contribution < -0.4 is 0 Å². The van der Waals surface area contributed by atoms with Crippen LogP contribution in [0.1, 0.15) is 23.6 Å². The van der Waals surface area contributed by atoms with Gasteiger partial charge in [-0.3, -0.25) is 0 Å². The fourth-order valence-corrected chi connectivity index (χ4v) is 3.06. The van der Waals surface area contributed by atoms with Gasteiger partial charge in [-0.05, 0) is 34.6 Å². The van der Waals surface area contributed by atoms with Crippen LogP contribution in [0.25, 0.3) is 10.5 Å². The van der Waals surface area contributed by atoms with Crippen molar-refractivity contribution >= 4 is 22.2 Å². The number of fused-ring (bicyclic) bond motifs is 1. The maximum Gasteiger partial charge on any atom is 0.299 e. The van der Waals surface area contributed by atoms with Crippen LogP contribution in [0.4, 0.5) is 8.78 Å². The van der Waals surface area contributed by atoms with Gasteiger partial charge in [0.2, 0.25) is 0 Å². The lowest BCUT2D eigenvalue weighted by atomic mass is 10.0. The number of thioether (sulfide) groups is 1. The molecule has 0 spiro atoms. The van der Waals surface area contributed by atoms with Gasteiger partial charge in [0.25, 0.3) is 5.92 Å². The molecule has 0 amide bonds. The highest BCUT2D eigenvalue weighted by molar-refractivity contribution is 8.11. The van der Waals surface area contributed by atoms with E-state index in [-0.39, 0.29) is 11.1 Å². The summed E-state index contributed by atoms with van der Waals surface area (Å²) in [5.41, 5.74) is 1.50. The van der Waals surface area contributed by atoms with Crippen LogP contribution in [-0.4, -0.2) is 0 Å². The monoisotopic (exact) mass is 302 g/mol. The summed E-state index contributed by atoms with van der Waals surface area (Å²) in [7, 11) is 0. The zero-order valence-electron chi connectivity index (χ0n) is 11.9. The number of hydrogen-bond donors (Lipinski definition) is 0. The van der Waals surface area contributed by atoms with E-state index < -0.39 is 5.92 Å². The molecular weight excluding hydrogens is 286 g/mol. The summed E-state index contributed by atoms with van der Waals surface area (Å²) < 4.78 is 29.0. The number of allylic oxidation sites excluding steroid dienone is 5. The molecule has 0 bridgehead atoms. The van der Waals surface area contributed by atoms with Gasteiger partial charge in [0, 0.05) is 16.0 Å². The summed E-state index contributed by atoms with van der Waals surface area (Å²) in [6.07, 6.45) is 2.65. The Balaban J connectivity index is 2.55. The van der Waals surface area contributed by atoms with Crippen molar-refractivity contribution in [3.63, 3.8) is 0 Å². The first-order valence-electron chi connectivity index (χ1n) is 6.38. The summed E-state index contributed by atoms with van der Waals surface area (Å²) >= 11 is 1.38. The first-order chi connectivity index (χ1) is 9.82. The van der Waals surface area contributed by atoms with Crippen LogP contribution in [0.5, 0.6) is 0 Å². The molecule has 1 aliphatic carbocycles. The Morgan fingerprint density at radius 1 is 1.19 bits per heavy atom. The third kappa shape index (κ3) is 2.54. The molecule has 0 aromatic heterocycles. The van der Waals surface area contributed by atoms with Gasteiger partial charge in [0.1, 0.15) is 0 Å². The lowest BCUT2D eigenvalue weighted by molar-refractivity contribution is 0.0461. The second-order valence-electron chi connectivity index (χ2n) is 4.80. The standard InChI is InChI=1S/C18H16F2S/c1-6-14-15-9-8-13(12(5)21-11(3)4)10-17(15)18(19,20)16(14)7-2/h6-10H,1-3,5H2,4H3. The minimum Gasteiger partial charge on any atom is -0.196 e. The molecule has 0 saturated carbocycles. The quantitative estimate of drug-likeness (QED) is 0.628. The molecule has 0 nitrogen and oxygen atoms in total. The molecule has 0 atom stereocenters. The average molecular weight is 302 g/mol. The fraction of sp³-hybridized carbons (Fsp3) is 0.111. The molecule has 21 heavy (non-hydrogen) atoms. The van der Waals surface area contributed by atoms with Gasteiger partial charge in [0.05, 0.1) is 0 Å². The van der Waals surface area contributed by atoms with Gasteiger partial charge < -0.3 is 0 Å². The Kier molecular flexibility index (Phi) is 4.06. The molecule has 0 aliphatic heterocycles. The maximum absolute atomic E-state index is 14.5. The Labute approximate surface area is 128 Å². The van der Waals surface area contributed by atoms with Crippen molar-refractivity contribution in [2.24, 2.45) is 0 Å². The Bertz CT molecular complexity index is 693. The third-order valence-corrected chi connectivity index (χ3v) is 4.13. The molecule has 0 N–H and O–H groups in total. The lowest BCUT2D eigenvalue weighted by Gasteiger charge is -2.15. The van der Waals surface area contributed by atoms with Crippen molar-refractivity contribution in [1.82, 2.24) is 0 Å². The molecule has 0 heterocycles. The number of halogens is 2. The molecule has 0 fully saturated rings. The summed E-state index contributed by atoms with van der Waals surface area (Å²) in [4.78, 5) is 1.57. The highest BCUT2D eigenvalue weighted by Crippen LogP contribution is 2.50. The summed E-state index contributed by atoms with van der Waals surface area (Å²) in [5.74, 6) is -3.05. The lowest BCUT2D eigenvalue weighted by Crippen LogP contribution is -2.12. The second-order valence-corrected chi connectivity index (χ2v) is 6.19. The van der Waals surface area contributed by atoms with Crippen molar-refractivity contribution in [2.75, 3.05) is 0 Å². The predicted molar refractivity (Wildman–Crippen MR) is 89.1 cm³/mol.